The fraction of sp³-hybridized carbons (Fsp3) is 0.417. The number of fused-ring (bicyclic) bond motifs is 1. The zero-order valence-corrected chi connectivity index (χ0v) is 11.3. The van der Waals surface area contributed by atoms with E-state index in [1.165, 1.54) is 12.0 Å². The molecule has 92 valence electrons. The first-order valence-electron chi connectivity index (χ1n) is 5.50. The lowest BCUT2D eigenvalue weighted by molar-refractivity contribution is 0.244. The minimum atomic E-state index is 0. The standard InChI is InChI=1S/C12H14N2OS.ClH/c1-9-13-11(8-15-9)7-14-4-2-12-10(6-14)3-5-16-12;/h3,5,8H,2,4,6-7H2,1H3;1H. The topological polar surface area (TPSA) is 29.3 Å². The van der Waals surface area contributed by atoms with E-state index in [1.54, 1.807) is 11.1 Å². The van der Waals surface area contributed by atoms with E-state index in [0.29, 0.717) is 0 Å². The minimum absolute atomic E-state index is 0. The van der Waals surface area contributed by atoms with Crippen LogP contribution >= 0.6 is 23.7 Å². The van der Waals surface area contributed by atoms with Crippen molar-refractivity contribution in [2.45, 2.75) is 26.4 Å². The summed E-state index contributed by atoms with van der Waals surface area (Å²) in [5, 5.41) is 2.19. The average Bonchev–Trinajstić information content (AvgIpc) is 2.87. The summed E-state index contributed by atoms with van der Waals surface area (Å²) in [5.74, 6) is 0.753. The van der Waals surface area contributed by atoms with E-state index < -0.39 is 0 Å². The van der Waals surface area contributed by atoms with Crippen molar-refractivity contribution >= 4 is 23.7 Å². The summed E-state index contributed by atoms with van der Waals surface area (Å²) in [6, 6.07) is 2.24. The van der Waals surface area contributed by atoms with Gasteiger partial charge in [-0.15, -0.1) is 23.7 Å². The van der Waals surface area contributed by atoms with Crippen LogP contribution in [0, 0.1) is 6.92 Å². The van der Waals surface area contributed by atoms with Crippen LogP contribution in [-0.4, -0.2) is 16.4 Å². The normalized spacial score (nSPS) is 15.4. The summed E-state index contributed by atoms with van der Waals surface area (Å²) < 4.78 is 5.22. The predicted octanol–water partition coefficient (Wildman–Crippen LogP) is 3.02. The van der Waals surface area contributed by atoms with Gasteiger partial charge in [0, 0.05) is 31.4 Å². The monoisotopic (exact) mass is 270 g/mol. The third-order valence-electron chi connectivity index (χ3n) is 2.94. The number of rotatable bonds is 2. The number of hydrogen-bond acceptors (Lipinski definition) is 4. The molecule has 0 unspecified atom stereocenters. The third kappa shape index (κ3) is 2.70. The van der Waals surface area contributed by atoms with Crippen molar-refractivity contribution in [3.05, 3.63) is 39.7 Å². The molecule has 0 spiro atoms. The number of halogens is 1. The maximum Gasteiger partial charge on any atom is 0.191 e. The van der Waals surface area contributed by atoms with Crippen molar-refractivity contribution < 1.29 is 4.42 Å². The molecule has 0 amide bonds. The highest BCUT2D eigenvalue weighted by molar-refractivity contribution is 7.10. The Hall–Kier alpha value is -0.840. The Morgan fingerprint density at radius 3 is 3.18 bits per heavy atom. The molecule has 1 aliphatic heterocycles. The number of oxazole rings is 1. The van der Waals surface area contributed by atoms with Crippen LogP contribution in [0.5, 0.6) is 0 Å². The van der Waals surface area contributed by atoms with Crippen molar-refractivity contribution in [2.75, 3.05) is 6.54 Å². The molecule has 0 N–H and O–H groups in total. The van der Waals surface area contributed by atoms with Gasteiger partial charge in [-0.1, -0.05) is 0 Å². The second-order valence-electron chi connectivity index (χ2n) is 4.19. The quantitative estimate of drug-likeness (QED) is 0.840. The molecule has 0 saturated carbocycles. The van der Waals surface area contributed by atoms with E-state index in [9.17, 15) is 0 Å². The van der Waals surface area contributed by atoms with Gasteiger partial charge in [-0.2, -0.15) is 0 Å². The van der Waals surface area contributed by atoms with Crippen LogP contribution in [0.3, 0.4) is 0 Å². The first-order chi connectivity index (χ1) is 7.81. The summed E-state index contributed by atoms with van der Waals surface area (Å²) in [4.78, 5) is 8.31. The zero-order valence-electron chi connectivity index (χ0n) is 9.68. The van der Waals surface area contributed by atoms with Crippen LogP contribution < -0.4 is 0 Å². The molecule has 2 aromatic heterocycles. The van der Waals surface area contributed by atoms with Crippen LogP contribution in [0.4, 0.5) is 0 Å². The molecule has 0 aromatic carbocycles. The second kappa shape index (κ2) is 5.21. The Morgan fingerprint density at radius 1 is 1.53 bits per heavy atom. The SMILES string of the molecule is Cc1nc(CN2CCc3sccc3C2)co1.Cl. The Kier molecular flexibility index (Phi) is 3.86. The zero-order chi connectivity index (χ0) is 11.0. The Bertz CT molecular complexity index is 494. The summed E-state index contributed by atoms with van der Waals surface area (Å²) in [6.07, 6.45) is 2.93. The smallest absolute Gasteiger partial charge is 0.191 e. The van der Waals surface area contributed by atoms with Gasteiger partial charge in [-0.3, -0.25) is 4.90 Å². The van der Waals surface area contributed by atoms with E-state index >= 15 is 0 Å². The lowest BCUT2D eigenvalue weighted by Crippen LogP contribution is -2.29. The van der Waals surface area contributed by atoms with Crippen molar-refractivity contribution in [3.63, 3.8) is 0 Å². The van der Waals surface area contributed by atoms with E-state index in [1.807, 2.05) is 18.3 Å². The molecule has 0 radical (unpaired) electrons. The van der Waals surface area contributed by atoms with Gasteiger partial charge in [0.15, 0.2) is 5.89 Å². The van der Waals surface area contributed by atoms with Gasteiger partial charge in [0.1, 0.15) is 6.26 Å². The van der Waals surface area contributed by atoms with Crippen molar-refractivity contribution in [3.8, 4) is 0 Å². The fourth-order valence-corrected chi connectivity index (χ4v) is 3.04. The van der Waals surface area contributed by atoms with E-state index in [0.717, 1.165) is 31.2 Å². The third-order valence-corrected chi connectivity index (χ3v) is 3.96. The molecule has 0 fully saturated rings. The lowest BCUT2D eigenvalue weighted by atomic mass is 10.1. The molecule has 5 heteroatoms. The molecule has 0 bridgehead atoms. The molecule has 3 nitrogen and oxygen atoms in total. The number of aromatic nitrogens is 1. The molecule has 0 saturated heterocycles. The molecule has 17 heavy (non-hydrogen) atoms. The largest absolute Gasteiger partial charge is 0.449 e. The molecular weight excluding hydrogens is 256 g/mol. The fourth-order valence-electron chi connectivity index (χ4n) is 2.15. The summed E-state index contributed by atoms with van der Waals surface area (Å²) in [6.45, 7) is 4.95. The van der Waals surface area contributed by atoms with Gasteiger partial charge in [0.05, 0.1) is 5.69 Å². The Balaban J connectivity index is 0.00000108. The van der Waals surface area contributed by atoms with Crippen molar-refractivity contribution in [2.24, 2.45) is 0 Å². The van der Waals surface area contributed by atoms with Crippen LogP contribution in [0.1, 0.15) is 22.0 Å². The first-order valence-corrected chi connectivity index (χ1v) is 6.38. The minimum Gasteiger partial charge on any atom is -0.449 e. The Labute approximate surface area is 111 Å². The van der Waals surface area contributed by atoms with Gasteiger partial charge >= 0.3 is 0 Å². The average molecular weight is 271 g/mol. The van der Waals surface area contributed by atoms with Gasteiger partial charge in [0.2, 0.25) is 0 Å². The maximum absolute atomic E-state index is 5.22. The van der Waals surface area contributed by atoms with E-state index in [-0.39, 0.29) is 12.4 Å². The van der Waals surface area contributed by atoms with Crippen LogP contribution in [0.2, 0.25) is 0 Å². The van der Waals surface area contributed by atoms with Gasteiger partial charge in [-0.05, 0) is 23.4 Å². The molecule has 3 rings (SSSR count). The van der Waals surface area contributed by atoms with Crippen LogP contribution in [0.25, 0.3) is 0 Å². The molecular formula is C12H15ClN2OS. The van der Waals surface area contributed by atoms with E-state index in [4.69, 9.17) is 4.42 Å². The van der Waals surface area contributed by atoms with Crippen molar-refractivity contribution in [1.29, 1.82) is 0 Å². The van der Waals surface area contributed by atoms with Gasteiger partial charge in [-0.25, -0.2) is 4.98 Å². The highest BCUT2D eigenvalue weighted by atomic mass is 35.5. The second-order valence-corrected chi connectivity index (χ2v) is 5.19. The molecule has 0 aliphatic carbocycles. The summed E-state index contributed by atoms with van der Waals surface area (Å²) in [7, 11) is 0. The molecule has 1 aliphatic rings. The Morgan fingerprint density at radius 2 is 2.41 bits per heavy atom. The number of hydrogen-bond donors (Lipinski definition) is 0. The van der Waals surface area contributed by atoms with E-state index in [2.05, 4.69) is 21.3 Å². The highest BCUT2D eigenvalue weighted by Gasteiger charge is 2.17. The van der Waals surface area contributed by atoms with Gasteiger partial charge < -0.3 is 4.42 Å². The lowest BCUT2D eigenvalue weighted by Gasteiger charge is -2.25. The van der Waals surface area contributed by atoms with Gasteiger partial charge in [0.25, 0.3) is 0 Å². The molecule has 3 heterocycles. The predicted molar refractivity (Wildman–Crippen MR) is 70.6 cm³/mol. The number of aryl methyl sites for hydroxylation is 1. The van der Waals surface area contributed by atoms with Crippen LogP contribution in [0.15, 0.2) is 22.1 Å². The van der Waals surface area contributed by atoms with Crippen LogP contribution in [-0.2, 0) is 19.5 Å². The molecule has 2 aromatic rings. The highest BCUT2D eigenvalue weighted by Crippen LogP contribution is 2.24. The maximum atomic E-state index is 5.22. The molecule has 0 atom stereocenters. The van der Waals surface area contributed by atoms with Crippen molar-refractivity contribution in [1.82, 2.24) is 9.88 Å². The first kappa shape index (κ1) is 12.6. The summed E-state index contributed by atoms with van der Waals surface area (Å²) >= 11 is 1.88. The number of thiophene rings is 1. The number of nitrogens with zero attached hydrogens (tertiary/aromatic N) is 2. The summed E-state index contributed by atoms with van der Waals surface area (Å²) in [5.41, 5.74) is 2.52.